The third kappa shape index (κ3) is 4.95. The van der Waals surface area contributed by atoms with Gasteiger partial charge in [0.1, 0.15) is 0 Å². The Bertz CT molecular complexity index is 670. The molecule has 2 heterocycles. The summed E-state index contributed by atoms with van der Waals surface area (Å²) in [7, 11) is 0. The number of carbonyl (C=O) groups excluding carboxylic acids is 1. The Labute approximate surface area is 138 Å². The van der Waals surface area contributed by atoms with Gasteiger partial charge in [0.25, 0.3) is 0 Å². The van der Waals surface area contributed by atoms with Crippen molar-refractivity contribution in [3.05, 3.63) is 48.8 Å². The van der Waals surface area contributed by atoms with Crippen LogP contribution in [0.3, 0.4) is 0 Å². The Balaban J connectivity index is 0.000000507. The SMILES string of the molecule is NCC(=O)[O-].[Cl-].[Cu+2].c1cnc2c(c1)ccc1cccnc12. The molecule has 0 spiro atoms. The first-order chi connectivity index (χ1) is 9.22. The maximum atomic E-state index is 9.13. The van der Waals surface area contributed by atoms with Gasteiger partial charge in [-0.1, -0.05) is 24.3 Å². The predicted octanol–water partition coefficient (Wildman–Crippen LogP) is -2.52. The molecule has 0 aliphatic heterocycles. The molecule has 0 aliphatic carbocycles. The largest absolute Gasteiger partial charge is 2.00 e. The number of carbonyl (C=O) groups is 1. The van der Waals surface area contributed by atoms with Crippen molar-refractivity contribution in [2.24, 2.45) is 5.73 Å². The Hall–Kier alpha value is -1.72. The molecule has 2 aromatic heterocycles. The summed E-state index contributed by atoms with van der Waals surface area (Å²) in [5, 5.41) is 11.4. The molecule has 113 valence electrons. The minimum atomic E-state index is -1.22. The number of aromatic nitrogens is 2. The summed E-state index contributed by atoms with van der Waals surface area (Å²) in [5.74, 6) is -1.22. The van der Waals surface area contributed by atoms with Crippen LogP contribution in [0.2, 0.25) is 0 Å². The molecule has 1 radical (unpaired) electrons. The number of rotatable bonds is 1. The van der Waals surface area contributed by atoms with Gasteiger partial charge in [0, 0.05) is 29.7 Å². The zero-order valence-corrected chi connectivity index (χ0v) is 12.5. The van der Waals surface area contributed by atoms with E-state index in [1.54, 1.807) is 12.4 Å². The molecule has 21 heavy (non-hydrogen) atoms. The number of pyridine rings is 2. The molecule has 0 saturated carbocycles. The first-order valence-corrected chi connectivity index (χ1v) is 5.71. The Kier molecular flexibility index (Phi) is 8.50. The first kappa shape index (κ1) is 19.3. The zero-order chi connectivity index (χ0) is 13.7. The monoisotopic (exact) mass is 352 g/mol. The number of nitrogens with zero attached hydrogens (tertiary/aromatic N) is 2. The van der Waals surface area contributed by atoms with Crippen LogP contribution in [0.15, 0.2) is 48.8 Å². The summed E-state index contributed by atoms with van der Waals surface area (Å²) in [6.45, 7) is -0.389. The van der Waals surface area contributed by atoms with Gasteiger partial charge in [0.15, 0.2) is 0 Å². The summed E-state index contributed by atoms with van der Waals surface area (Å²) in [5.41, 5.74) is 6.46. The average Bonchev–Trinajstić information content (AvgIpc) is 2.48. The van der Waals surface area contributed by atoms with Crippen molar-refractivity contribution in [3.8, 4) is 0 Å². The average molecular weight is 353 g/mol. The number of aliphatic carboxylic acids is 1. The molecule has 0 atom stereocenters. The number of nitrogens with two attached hydrogens (primary N) is 1. The standard InChI is InChI=1S/C12H8N2.C2H5NO2.ClH.Cu/c1-3-9-5-6-10-4-2-8-14-12(10)11(9)13-7-1;3-1-2(4)5;;/h1-8H;1,3H2,(H,4,5);1H;/q;;;+2/p-2. The molecule has 0 amide bonds. The predicted molar refractivity (Wildman–Crippen MR) is 71.1 cm³/mol. The van der Waals surface area contributed by atoms with Gasteiger partial charge in [-0.3, -0.25) is 9.97 Å². The fourth-order valence-corrected chi connectivity index (χ4v) is 1.68. The molecular weight excluding hydrogens is 341 g/mol. The number of fused-ring (bicyclic) bond motifs is 3. The molecule has 0 fully saturated rings. The summed E-state index contributed by atoms with van der Waals surface area (Å²) in [4.78, 5) is 17.8. The van der Waals surface area contributed by atoms with Crippen LogP contribution < -0.4 is 23.2 Å². The van der Waals surface area contributed by atoms with Crippen molar-refractivity contribution in [2.45, 2.75) is 0 Å². The van der Waals surface area contributed by atoms with E-state index in [1.807, 2.05) is 12.1 Å². The molecule has 1 aromatic carbocycles. The molecule has 0 unspecified atom stereocenters. The zero-order valence-electron chi connectivity index (χ0n) is 10.8. The van der Waals surface area contributed by atoms with Gasteiger partial charge in [-0.15, -0.1) is 0 Å². The van der Waals surface area contributed by atoms with E-state index in [2.05, 4.69) is 40.0 Å². The van der Waals surface area contributed by atoms with Crippen molar-refractivity contribution in [1.29, 1.82) is 0 Å². The van der Waals surface area contributed by atoms with Gasteiger partial charge in [-0.05, 0) is 12.1 Å². The van der Waals surface area contributed by atoms with Gasteiger partial charge in [0.2, 0.25) is 0 Å². The van der Waals surface area contributed by atoms with Crippen molar-refractivity contribution in [3.63, 3.8) is 0 Å². The topological polar surface area (TPSA) is 91.9 Å². The smallest absolute Gasteiger partial charge is 1.00 e. The van der Waals surface area contributed by atoms with Gasteiger partial charge >= 0.3 is 17.1 Å². The van der Waals surface area contributed by atoms with Gasteiger partial charge < -0.3 is 28.0 Å². The maximum Gasteiger partial charge on any atom is 2.00 e. The molecular formula is C14H12ClCuN3O2. The number of benzene rings is 1. The van der Waals surface area contributed by atoms with E-state index < -0.39 is 5.97 Å². The molecule has 5 nitrogen and oxygen atoms in total. The van der Waals surface area contributed by atoms with Crippen molar-refractivity contribution < 1.29 is 39.4 Å². The molecule has 2 N–H and O–H groups in total. The third-order valence-electron chi connectivity index (χ3n) is 2.51. The van der Waals surface area contributed by atoms with Crippen LogP contribution in [0.4, 0.5) is 0 Å². The second-order valence-corrected chi connectivity index (χ2v) is 3.79. The van der Waals surface area contributed by atoms with E-state index in [-0.39, 0.29) is 36.0 Å². The molecule has 0 saturated heterocycles. The van der Waals surface area contributed by atoms with Crippen LogP contribution in [0, 0.1) is 0 Å². The number of hydrogen-bond acceptors (Lipinski definition) is 5. The summed E-state index contributed by atoms with van der Waals surface area (Å²) in [6, 6.07) is 12.1. The van der Waals surface area contributed by atoms with Crippen LogP contribution in [0.1, 0.15) is 0 Å². The van der Waals surface area contributed by atoms with E-state index in [0.29, 0.717) is 0 Å². The van der Waals surface area contributed by atoms with Gasteiger partial charge in [-0.2, -0.15) is 0 Å². The molecule has 3 rings (SSSR count). The molecule has 0 bridgehead atoms. The van der Waals surface area contributed by atoms with Gasteiger partial charge in [-0.25, -0.2) is 0 Å². The van der Waals surface area contributed by atoms with Crippen LogP contribution in [0.25, 0.3) is 21.8 Å². The van der Waals surface area contributed by atoms with Crippen molar-refractivity contribution in [1.82, 2.24) is 9.97 Å². The van der Waals surface area contributed by atoms with Crippen LogP contribution >= 0.6 is 0 Å². The van der Waals surface area contributed by atoms with Crippen molar-refractivity contribution >= 4 is 27.8 Å². The van der Waals surface area contributed by atoms with Gasteiger partial charge in [0.05, 0.1) is 17.0 Å². The minimum absolute atomic E-state index is 0. The fraction of sp³-hybridized carbons (Fsp3) is 0.0714. The molecule has 0 aliphatic rings. The van der Waals surface area contributed by atoms with Crippen LogP contribution in [-0.2, 0) is 21.9 Å². The molecule has 3 aromatic rings. The summed E-state index contributed by atoms with van der Waals surface area (Å²) < 4.78 is 0. The Morgan fingerprint density at radius 1 is 1.00 bits per heavy atom. The number of carboxylic acids is 1. The van der Waals surface area contributed by atoms with E-state index in [4.69, 9.17) is 9.90 Å². The van der Waals surface area contributed by atoms with E-state index in [1.165, 1.54) is 0 Å². The maximum absolute atomic E-state index is 9.13. The molecule has 7 heteroatoms. The number of halogens is 1. The van der Waals surface area contributed by atoms with E-state index in [9.17, 15) is 0 Å². The van der Waals surface area contributed by atoms with Crippen molar-refractivity contribution in [2.75, 3.05) is 6.54 Å². The number of carboxylic acid groups (broad SMARTS) is 1. The van der Waals surface area contributed by atoms with Crippen LogP contribution in [-0.4, -0.2) is 22.5 Å². The summed E-state index contributed by atoms with van der Waals surface area (Å²) >= 11 is 0. The second kappa shape index (κ2) is 9.26. The van der Waals surface area contributed by atoms with E-state index in [0.717, 1.165) is 21.8 Å². The Morgan fingerprint density at radius 2 is 1.38 bits per heavy atom. The first-order valence-electron chi connectivity index (χ1n) is 5.71. The second-order valence-electron chi connectivity index (χ2n) is 3.79. The fourth-order valence-electron chi connectivity index (χ4n) is 1.68. The number of hydrogen-bond donors (Lipinski definition) is 1. The van der Waals surface area contributed by atoms with E-state index >= 15 is 0 Å². The third-order valence-corrected chi connectivity index (χ3v) is 2.51. The Morgan fingerprint density at radius 3 is 1.71 bits per heavy atom. The quantitative estimate of drug-likeness (QED) is 0.385. The normalized spacial score (nSPS) is 9.00. The van der Waals surface area contributed by atoms with Crippen LogP contribution in [0.5, 0.6) is 0 Å². The summed E-state index contributed by atoms with van der Waals surface area (Å²) in [6.07, 6.45) is 3.60. The minimum Gasteiger partial charge on any atom is -1.00 e.